The summed E-state index contributed by atoms with van der Waals surface area (Å²) in [5.74, 6) is 4.78. The molecular formula is C45H46N2O6. The third-order valence-electron chi connectivity index (χ3n) is 8.77. The van der Waals surface area contributed by atoms with Crippen molar-refractivity contribution in [3.8, 4) is 34.5 Å². The first-order valence-electron chi connectivity index (χ1n) is 17.4. The number of rotatable bonds is 16. The summed E-state index contributed by atoms with van der Waals surface area (Å²) in [6.45, 7) is 5.24. The molecule has 0 unspecified atom stereocenters. The van der Waals surface area contributed by atoms with Crippen LogP contribution in [-0.4, -0.2) is 41.7 Å². The normalized spacial score (nSPS) is 11.0. The van der Waals surface area contributed by atoms with Gasteiger partial charge in [-0.2, -0.15) is 0 Å². The molecule has 0 bridgehead atoms. The number of benzene rings is 6. The lowest BCUT2D eigenvalue weighted by molar-refractivity contribution is 0.110. The van der Waals surface area contributed by atoms with Gasteiger partial charge in [-0.1, -0.05) is 13.8 Å². The van der Waals surface area contributed by atoms with Crippen molar-refractivity contribution in [1.82, 2.24) is 0 Å². The van der Waals surface area contributed by atoms with Crippen LogP contribution < -0.4 is 38.2 Å². The second kappa shape index (κ2) is 16.8. The van der Waals surface area contributed by atoms with Crippen molar-refractivity contribution in [1.29, 1.82) is 0 Å². The quantitative estimate of drug-likeness (QED) is 0.0984. The molecule has 0 atom stereocenters. The first-order chi connectivity index (χ1) is 25.8. The van der Waals surface area contributed by atoms with E-state index in [0.717, 1.165) is 68.6 Å². The maximum atomic E-state index is 6.29. The Balaban J connectivity index is 1.10. The molecule has 6 aromatic carbocycles. The highest BCUT2D eigenvalue weighted by atomic mass is 16.5. The van der Waals surface area contributed by atoms with Gasteiger partial charge >= 0.3 is 0 Å². The van der Waals surface area contributed by atoms with E-state index in [-0.39, 0.29) is 5.41 Å². The van der Waals surface area contributed by atoms with Gasteiger partial charge in [0.15, 0.2) is 0 Å². The molecule has 0 aliphatic carbocycles. The van der Waals surface area contributed by atoms with E-state index in [0.29, 0.717) is 13.2 Å². The van der Waals surface area contributed by atoms with Crippen molar-refractivity contribution in [3.63, 3.8) is 0 Å². The summed E-state index contributed by atoms with van der Waals surface area (Å²) in [7, 11) is 6.68. The fraction of sp³-hybridized carbons (Fsp3) is 0.200. The first-order valence-corrected chi connectivity index (χ1v) is 17.4. The molecule has 53 heavy (non-hydrogen) atoms. The van der Waals surface area contributed by atoms with Crippen LogP contribution in [-0.2, 0) is 0 Å². The van der Waals surface area contributed by atoms with Crippen LogP contribution in [0.25, 0.3) is 0 Å². The van der Waals surface area contributed by atoms with Gasteiger partial charge in [0, 0.05) is 39.5 Å². The smallest absolute Gasteiger partial charge is 0.119 e. The van der Waals surface area contributed by atoms with Crippen molar-refractivity contribution in [2.75, 3.05) is 51.5 Å². The van der Waals surface area contributed by atoms with E-state index in [2.05, 4.69) is 47.9 Å². The van der Waals surface area contributed by atoms with Crippen LogP contribution in [0.1, 0.15) is 13.8 Å². The minimum absolute atomic E-state index is 0.256. The lowest BCUT2D eigenvalue weighted by atomic mass is 9.96. The molecule has 8 nitrogen and oxygen atoms in total. The molecule has 0 amide bonds. The Morgan fingerprint density at radius 2 is 0.509 bits per heavy atom. The zero-order valence-corrected chi connectivity index (χ0v) is 31.1. The molecule has 0 aliphatic rings. The second-order valence-electron chi connectivity index (χ2n) is 13.2. The second-order valence-corrected chi connectivity index (χ2v) is 13.2. The van der Waals surface area contributed by atoms with E-state index in [1.54, 1.807) is 28.4 Å². The average molecular weight is 711 g/mol. The Kier molecular flexibility index (Phi) is 11.6. The molecule has 6 aromatic rings. The van der Waals surface area contributed by atoms with Crippen LogP contribution in [0.4, 0.5) is 34.1 Å². The lowest BCUT2D eigenvalue weighted by Crippen LogP contribution is -2.28. The van der Waals surface area contributed by atoms with Crippen molar-refractivity contribution in [2.45, 2.75) is 13.8 Å². The summed E-state index contributed by atoms with van der Waals surface area (Å²) in [5.41, 5.74) is 5.76. The molecule has 272 valence electrons. The van der Waals surface area contributed by atoms with Crippen molar-refractivity contribution < 1.29 is 28.4 Å². The van der Waals surface area contributed by atoms with E-state index in [4.69, 9.17) is 28.4 Å². The summed E-state index contributed by atoms with van der Waals surface area (Å²) in [6.07, 6.45) is 0. The Morgan fingerprint density at radius 3 is 0.698 bits per heavy atom. The summed E-state index contributed by atoms with van der Waals surface area (Å²) < 4.78 is 34.1. The SMILES string of the molecule is COc1ccc(N(c2ccc(OC)cc2)c2ccc(OCC(C)(C)COc3ccc(N(c4ccc(OC)cc4)c4ccc(OC)cc4)cc3)cc2)cc1. The fourth-order valence-electron chi connectivity index (χ4n) is 5.80. The predicted octanol–water partition coefficient (Wildman–Crippen LogP) is 11.1. The molecule has 6 rings (SSSR count). The summed E-state index contributed by atoms with van der Waals surface area (Å²) in [6, 6.07) is 48.3. The molecule has 0 spiro atoms. The maximum Gasteiger partial charge on any atom is 0.119 e. The summed E-state index contributed by atoms with van der Waals surface area (Å²) >= 11 is 0. The molecule has 0 fully saturated rings. The van der Waals surface area contributed by atoms with Crippen molar-refractivity contribution >= 4 is 34.1 Å². The van der Waals surface area contributed by atoms with Gasteiger partial charge in [0.25, 0.3) is 0 Å². The van der Waals surface area contributed by atoms with Crippen LogP contribution in [0.3, 0.4) is 0 Å². The van der Waals surface area contributed by atoms with Crippen LogP contribution >= 0.6 is 0 Å². The van der Waals surface area contributed by atoms with Crippen molar-refractivity contribution in [2.24, 2.45) is 5.41 Å². The highest BCUT2D eigenvalue weighted by molar-refractivity contribution is 5.78. The van der Waals surface area contributed by atoms with Gasteiger partial charge in [0.1, 0.15) is 34.5 Å². The Hall–Kier alpha value is -6.28. The topological polar surface area (TPSA) is 61.9 Å². The van der Waals surface area contributed by atoms with Gasteiger partial charge in [-0.25, -0.2) is 0 Å². The number of nitrogens with zero attached hydrogens (tertiary/aromatic N) is 2. The van der Waals surface area contributed by atoms with E-state index < -0.39 is 0 Å². The maximum absolute atomic E-state index is 6.29. The third kappa shape index (κ3) is 9.15. The van der Waals surface area contributed by atoms with Gasteiger partial charge in [-0.05, 0) is 146 Å². The Labute approximate surface area is 312 Å². The molecule has 0 saturated carbocycles. The number of hydrogen-bond donors (Lipinski definition) is 0. The van der Waals surface area contributed by atoms with Crippen LogP contribution in [0.2, 0.25) is 0 Å². The standard InChI is InChI=1S/C45H46N2O6/c1-45(2,31-52-43-27-15-37(16-28-43)46(33-7-19-39(48-3)20-8-33)34-9-21-40(49-4)22-10-34)32-53-44-29-17-38(18-30-44)47(35-11-23-41(50-5)24-12-35)36-13-25-42(51-6)26-14-36/h7-30H,31-32H2,1-6H3. The van der Waals surface area contributed by atoms with Gasteiger partial charge in [0.05, 0.1) is 41.7 Å². The van der Waals surface area contributed by atoms with Gasteiger partial charge in [-0.3, -0.25) is 0 Å². The van der Waals surface area contributed by atoms with E-state index in [9.17, 15) is 0 Å². The molecular weight excluding hydrogens is 665 g/mol. The zero-order valence-electron chi connectivity index (χ0n) is 31.1. The van der Waals surface area contributed by atoms with E-state index >= 15 is 0 Å². The summed E-state index contributed by atoms with van der Waals surface area (Å²) in [4.78, 5) is 4.36. The fourth-order valence-corrected chi connectivity index (χ4v) is 5.80. The Bertz CT molecular complexity index is 1770. The van der Waals surface area contributed by atoms with Gasteiger partial charge < -0.3 is 38.2 Å². The predicted molar refractivity (Wildman–Crippen MR) is 213 cm³/mol. The minimum Gasteiger partial charge on any atom is -0.497 e. The monoisotopic (exact) mass is 710 g/mol. The highest BCUT2D eigenvalue weighted by Gasteiger charge is 2.21. The van der Waals surface area contributed by atoms with Crippen LogP contribution in [0, 0.1) is 5.41 Å². The molecule has 0 heterocycles. The molecule has 0 N–H and O–H groups in total. The zero-order chi connectivity index (χ0) is 37.2. The Morgan fingerprint density at radius 1 is 0.321 bits per heavy atom. The minimum atomic E-state index is -0.256. The van der Waals surface area contributed by atoms with Crippen molar-refractivity contribution in [3.05, 3.63) is 146 Å². The lowest BCUT2D eigenvalue weighted by Gasteiger charge is -2.27. The molecule has 8 heteroatoms. The summed E-state index contributed by atoms with van der Waals surface area (Å²) in [5, 5.41) is 0. The van der Waals surface area contributed by atoms with Gasteiger partial charge in [0.2, 0.25) is 0 Å². The number of ether oxygens (including phenoxy) is 6. The van der Waals surface area contributed by atoms with E-state index in [1.807, 2.05) is 121 Å². The largest absolute Gasteiger partial charge is 0.497 e. The molecule has 0 aromatic heterocycles. The number of methoxy groups -OCH3 is 4. The first kappa shape index (κ1) is 36.5. The number of anilines is 6. The molecule has 0 radical (unpaired) electrons. The van der Waals surface area contributed by atoms with Crippen LogP contribution in [0.15, 0.2) is 146 Å². The molecule has 0 saturated heterocycles. The highest BCUT2D eigenvalue weighted by Crippen LogP contribution is 2.38. The third-order valence-corrected chi connectivity index (χ3v) is 8.77. The van der Waals surface area contributed by atoms with Crippen LogP contribution in [0.5, 0.6) is 34.5 Å². The van der Waals surface area contributed by atoms with Gasteiger partial charge in [-0.15, -0.1) is 0 Å². The number of hydrogen-bond acceptors (Lipinski definition) is 8. The van der Waals surface area contributed by atoms with E-state index in [1.165, 1.54) is 0 Å². The average Bonchev–Trinajstić information content (AvgIpc) is 3.21. The molecule has 0 aliphatic heterocycles.